The van der Waals surface area contributed by atoms with E-state index in [2.05, 4.69) is 10.3 Å². The molecule has 0 bridgehead atoms. The second-order valence-corrected chi connectivity index (χ2v) is 6.67. The van der Waals surface area contributed by atoms with Crippen LogP contribution in [0.4, 0.5) is 17.6 Å². The van der Waals surface area contributed by atoms with Gasteiger partial charge in [-0.2, -0.15) is 13.2 Å². The largest absolute Gasteiger partial charge is 0.416 e. The van der Waals surface area contributed by atoms with Crippen molar-refractivity contribution < 1.29 is 22.3 Å². The highest BCUT2D eigenvalue weighted by Crippen LogP contribution is 2.38. The molecule has 1 N–H and O–H groups in total. The Balaban J connectivity index is 1.68. The summed E-state index contributed by atoms with van der Waals surface area (Å²) in [5.41, 5.74) is -0.837. The number of nitrogens with one attached hydrogen (secondary N) is 1. The monoisotopic (exact) mass is 359 g/mol. The summed E-state index contributed by atoms with van der Waals surface area (Å²) in [5.74, 6) is -0.343. The van der Waals surface area contributed by atoms with Gasteiger partial charge in [0.25, 0.3) is 0 Å². The van der Waals surface area contributed by atoms with E-state index in [-0.39, 0.29) is 17.5 Å². The molecule has 0 aromatic heterocycles. The number of guanidine groups is 1. The van der Waals surface area contributed by atoms with Crippen LogP contribution in [-0.4, -0.2) is 44.2 Å². The van der Waals surface area contributed by atoms with Crippen LogP contribution < -0.4 is 5.32 Å². The van der Waals surface area contributed by atoms with Gasteiger partial charge in [0, 0.05) is 38.7 Å². The first-order valence-corrected chi connectivity index (χ1v) is 8.22. The Bertz CT molecular complexity index is 654. The molecular formula is C17H21F4N3O. The van der Waals surface area contributed by atoms with Crippen LogP contribution >= 0.6 is 0 Å². The molecule has 138 valence electrons. The van der Waals surface area contributed by atoms with Crippen molar-refractivity contribution in [2.45, 2.75) is 25.6 Å². The van der Waals surface area contributed by atoms with Crippen LogP contribution in [0.3, 0.4) is 0 Å². The molecule has 1 atom stereocenters. The maximum absolute atomic E-state index is 13.2. The zero-order chi connectivity index (χ0) is 18.1. The van der Waals surface area contributed by atoms with E-state index >= 15 is 0 Å². The molecule has 2 saturated heterocycles. The molecule has 8 heteroatoms. The Morgan fingerprint density at radius 3 is 2.80 bits per heavy atom. The van der Waals surface area contributed by atoms with Crippen LogP contribution in [0.1, 0.15) is 24.0 Å². The number of alkyl halides is 3. The fourth-order valence-electron chi connectivity index (χ4n) is 3.56. The van der Waals surface area contributed by atoms with Crippen LogP contribution in [0.25, 0.3) is 0 Å². The molecule has 0 amide bonds. The van der Waals surface area contributed by atoms with Gasteiger partial charge in [-0.05, 0) is 30.5 Å². The minimum absolute atomic E-state index is 0.00633. The lowest BCUT2D eigenvalue weighted by atomic mass is 9.87. The Morgan fingerprint density at radius 1 is 1.36 bits per heavy atom. The molecule has 1 aromatic carbocycles. The van der Waals surface area contributed by atoms with Gasteiger partial charge in [-0.1, -0.05) is 6.07 Å². The number of rotatable bonds is 2. The summed E-state index contributed by atoms with van der Waals surface area (Å²) in [6.45, 7) is 2.98. The van der Waals surface area contributed by atoms with Gasteiger partial charge < -0.3 is 15.0 Å². The molecule has 1 spiro atoms. The molecule has 4 nitrogen and oxygen atoms in total. The van der Waals surface area contributed by atoms with Crippen molar-refractivity contribution >= 4 is 5.96 Å². The molecule has 0 saturated carbocycles. The van der Waals surface area contributed by atoms with Crippen LogP contribution in [0.5, 0.6) is 0 Å². The Morgan fingerprint density at radius 2 is 2.16 bits per heavy atom. The van der Waals surface area contributed by atoms with E-state index < -0.39 is 17.6 Å². The number of halogens is 4. The third-order valence-electron chi connectivity index (χ3n) is 4.95. The number of nitrogens with zero attached hydrogens (tertiary/aromatic N) is 2. The van der Waals surface area contributed by atoms with E-state index in [1.807, 2.05) is 4.90 Å². The van der Waals surface area contributed by atoms with Crippen molar-refractivity contribution in [3.63, 3.8) is 0 Å². The summed E-state index contributed by atoms with van der Waals surface area (Å²) < 4.78 is 57.9. The van der Waals surface area contributed by atoms with E-state index in [0.717, 1.165) is 51.3 Å². The maximum atomic E-state index is 13.2. The molecule has 2 heterocycles. The highest BCUT2D eigenvalue weighted by Gasteiger charge is 2.42. The SMILES string of the molecule is CN=C(NCc1ccc(F)cc1C(F)(F)F)N1CCC2(CCOC2)C1. The second kappa shape index (κ2) is 6.82. The molecule has 0 aliphatic carbocycles. The number of benzene rings is 1. The number of likely N-dealkylation sites (tertiary alicyclic amines) is 1. The lowest BCUT2D eigenvalue weighted by Gasteiger charge is -2.25. The molecular weight excluding hydrogens is 338 g/mol. The summed E-state index contributed by atoms with van der Waals surface area (Å²) >= 11 is 0. The van der Waals surface area contributed by atoms with Gasteiger partial charge in [0.15, 0.2) is 5.96 Å². The Labute approximate surface area is 143 Å². The van der Waals surface area contributed by atoms with Gasteiger partial charge in [0.2, 0.25) is 0 Å². The van der Waals surface area contributed by atoms with Gasteiger partial charge in [-0.3, -0.25) is 4.99 Å². The van der Waals surface area contributed by atoms with Crippen molar-refractivity contribution in [3.8, 4) is 0 Å². The maximum Gasteiger partial charge on any atom is 0.416 e. The molecule has 2 aliphatic heterocycles. The van der Waals surface area contributed by atoms with Crippen LogP contribution in [0, 0.1) is 11.2 Å². The normalized spacial score (nSPS) is 24.4. The number of hydrogen-bond acceptors (Lipinski definition) is 2. The van der Waals surface area contributed by atoms with Gasteiger partial charge >= 0.3 is 6.18 Å². The van der Waals surface area contributed by atoms with Gasteiger partial charge in [-0.25, -0.2) is 4.39 Å². The van der Waals surface area contributed by atoms with E-state index in [4.69, 9.17) is 4.74 Å². The van der Waals surface area contributed by atoms with Gasteiger partial charge in [0.1, 0.15) is 5.82 Å². The number of aliphatic imine (C=N–C) groups is 1. The molecule has 2 aliphatic rings. The van der Waals surface area contributed by atoms with Crippen molar-refractivity contribution in [2.75, 3.05) is 33.4 Å². The van der Waals surface area contributed by atoms with Crippen molar-refractivity contribution in [1.29, 1.82) is 0 Å². The zero-order valence-electron chi connectivity index (χ0n) is 14.0. The minimum Gasteiger partial charge on any atom is -0.381 e. The third kappa shape index (κ3) is 3.89. The predicted molar refractivity (Wildman–Crippen MR) is 85.7 cm³/mol. The molecule has 1 unspecified atom stereocenters. The number of hydrogen-bond donors (Lipinski definition) is 1. The summed E-state index contributed by atoms with van der Waals surface area (Å²) in [4.78, 5) is 6.23. The quantitative estimate of drug-likeness (QED) is 0.501. The minimum atomic E-state index is -4.60. The molecule has 1 aromatic rings. The first kappa shape index (κ1) is 18.0. The summed E-state index contributed by atoms with van der Waals surface area (Å²) in [5, 5.41) is 2.98. The highest BCUT2D eigenvalue weighted by molar-refractivity contribution is 5.80. The average Bonchev–Trinajstić information content (AvgIpc) is 3.19. The molecule has 3 rings (SSSR count). The van der Waals surface area contributed by atoms with Gasteiger partial charge in [0.05, 0.1) is 12.2 Å². The van der Waals surface area contributed by atoms with Crippen LogP contribution in [0.2, 0.25) is 0 Å². The summed E-state index contributed by atoms with van der Waals surface area (Å²) in [7, 11) is 1.60. The Kier molecular flexibility index (Phi) is 4.90. The van der Waals surface area contributed by atoms with Crippen LogP contribution in [-0.2, 0) is 17.5 Å². The molecule has 2 fully saturated rings. The van der Waals surface area contributed by atoms with E-state index in [1.54, 1.807) is 7.05 Å². The topological polar surface area (TPSA) is 36.9 Å². The highest BCUT2D eigenvalue weighted by atomic mass is 19.4. The second-order valence-electron chi connectivity index (χ2n) is 6.67. The molecule has 25 heavy (non-hydrogen) atoms. The Hall–Kier alpha value is -1.83. The van der Waals surface area contributed by atoms with Crippen molar-refractivity contribution in [2.24, 2.45) is 10.4 Å². The summed E-state index contributed by atoms with van der Waals surface area (Å²) in [6.07, 6.45) is -2.61. The summed E-state index contributed by atoms with van der Waals surface area (Å²) in [6, 6.07) is 2.73. The van der Waals surface area contributed by atoms with Crippen molar-refractivity contribution in [3.05, 3.63) is 35.1 Å². The van der Waals surface area contributed by atoms with E-state index in [0.29, 0.717) is 12.0 Å². The van der Waals surface area contributed by atoms with Crippen molar-refractivity contribution in [1.82, 2.24) is 10.2 Å². The lowest BCUT2D eigenvalue weighted by Crippen LogP contribution is -2.41. The average molecular weight is 359 g/mol. The predicted octanol–water partition coefficient (Wildman–Crippen LogP) is 3.03. The smallest absolute Gasteiger partial charge is 0.381 e. The number of ether oxygens (including phenoxy) is 1. The lowest BCUT2D eigenvalue weighted by molar-refractivity contribution is -0.138. The fourth-order valence-corrected chi connectivity index (χ4v) is 3.56. The zero-order valence-corrected chi connectivity index (χ0v) is 14.0. The van der Waals surface area contributed by atoms with Crippen LogP contribution in [0.15, 0.2) is 23.2 Å². The van der Waals surface area contributed by atoms with E-state index in [1.165, 1.54) is 0 Å². The molecule has 0 radical (unpaired) electrons. The first-order chi connectivity index (χ1) is 11.8. The first-order valence-electron chi connectivity index (χ1n) is 8.22. The fraction of sp³-hybridized carbons (Fsp3) is 0.588. The van der Waals surface area contributed by atoms with Gasteiger partial charge in [-0.15, -0.1) is 0 Å². The standard InChI is InChI=1S/C17H21F4N3O/c1-22-15(24-6-4-16(10-24)5-7-25-11-16)23-9-12-2-3-13(18)8-14(12)17(19,20)21/h2-3,8H,4-7,9-11H2,1H3,(H,22,23). The third-order valence-corrected chi connectivity index (χ3v) is 4.95. The van der Waals surface area contributed by atoms with E-state index in [9.17, 15) is 17.6 Å².